The average Bonchev–Trinajstić information content (AvgIpc) is 2.98. The lowest BCUT2D eigenvalue weighted by Gasteiger charge is -2.25. The molecule has 0 spiro atoms. The first-order valence-electron chi connectivity index (χ1n) is 12.6. The van der Waals surface area contributed by atoms with Gasteiger partial charge in [-0.1, -0.05) is 54.1 Å². The van der Waals surface area contributed by atoms with Crippen molar-refractivity contribution in [3.05, 3.63) is 119 Å². The van der Waals surface area contributed by atoms with E-state index in [1.54, 1.807) is 31.4 Å². The molecule has 0 aliphatic carbocycles. The molecule has 0 amide bonds. The summed E-state index contributed by atoms with van der Waals surface area (Å²) in [6, 6.07) is 29.6. The predicted molar refractivity (Wildman–Crippen MR) is 156 cm³/mol. The number of benzene rings is 4. The highest BCUT2D eigenvalue weighted by Gasteiger charge is 2.27. The molecule has 0 saturated heterocycles. The van der Waals surface area contributed by atoms with Crippen LogP contribution < -0.4 is 9.04 Å². The van der Waals surface area contributed by atoms with Crippen molar-refractivity contribution in [2.24, 2.45) is 0 Å². The highest BCUT2D eigenvalue weighted by molar-refractivity contribution is 7.92. The van der Waals surface area contributed by atoms with E-state index in [2.05, 4.69) is 0 Å². The van der Waals surface area contributed by atoms with E-state index in [0.717, 1.165) is 22.1 Å². The van der Waals surface area contributed by atoms with Gasteiger partial charge in [0.25, 0.3) is 10.0 Å². The lowest BCUT2D eigenvalue weighted by atomic mass is 10.2. The zero-order valence-corrected chi connectivity index (χ0v) is 23.2. The average molecular weight is 539 g/mol. The molecule has 6 nitrogen and oxygen atoms in total. The van der Waals surface area contributed by atoms with Crippen LogP contribution in [-0.4, -0.2) is 20.5 Å². The molecule has 4 aromatic carbocycles. The SMILES string of the molecule is COc1ccc2cc(C)c(N(Cc3ccccc3)S(=O)(=O)c3ccc(C)cc3)nc3ccc(C)cc3oc2c1. The van der Waals surface area contributed by atoms with E-state index in [1.165, 1.54) is 4.31 Å². The molecule has 0 bridgehead atoms. The van der Waals surface area contributed by atoms with Crippen LogP contribution in [-0.2, 0) is 16.6 Å². The number of aromatic nitrogens is 1. The summed E-state index contributed by atoms with van der Waals surface area (Å²) >= 11 is 0. The second-order valence-corrected chi connectivity index (χ2v) is 11.4. The van der Waals surface area contributed by atoms with Gasteiger partial charge in [0.15, 0.2) is 5.58 Å². The van der Waals surface area contributed by atoms with Crippen molar-refractivity contribution < 1.29 is 17.6 Å². The Bertz CT molecular complexity index is 1810. The summed E-state index contributed by atoms with van der Waals surface area (Å²) in [5.41, 5.74) is 5.13. The van der Waals surface area contributed by atoms with Gasteiger partial charge in [-0.05, 0) is 79.9 Å². The number of rotatable bonds is 6. The maximum absolute atomic E-state index is 14.2. The van der Waals surface area contributed by atoms with Gasteiger partial charge in [0.1, 0.15) is 22.7 Å². The summed E-state index contributed by atoms with van der Waals surface area (Å²) in [6.07, 6.45) is 0. The van der Waals surface area contributed by atoms with Crippen LogP contribution in [0.3, 0.4) is 0 Å². The summed E-state index contributed by atoms with van der Waals surface area (Å²) in [4.78, 5) is 5.15. The normalized spacial score (nSPS) is 11.4. The fourth-order valence-electron chi connectivity index (χ4n) is 4.38. The minimum absolute atomic E-state index is 0.110. The summed E-state index contributed by atoms with van der Waals surface area (Å²) in [5.74, 6) is 0.971. The maximum Gasteiger partial charge on any atom is 0.265 e. The van der Waals surface area contributed by atoms with Crippen molar-refractivity contribution >= 4 is 37.9 Å². The van der Waals surface area contributed by atoms with E-state index in [0.29, 0.717) is 33.8 Å². The van der Waals surface area contributed by atoms with Crippen LogP contribution in [0.25, 0.3) is 22.1 Å². The van der Waals surface area contributed by atoms with Crippen LogP contribution in [0.2, 0.25) is 0 Å². The second-order valence-electron chi connectivity index (χ2n) is 9.55. The van der Waals surface area contributed by atoms with Gasteiger partial charge in [0, 0.05) is 11.5 Å². The van der Waals surface area contributed by atoms with Crippen LogP contribution in [0.1, 0.15) is 22.3 Å². The molecule has 0 fully saturated rings. The van der Waals surface area contributed by atoms with Crippen molar-refractivity contribution in [2.75, 3.05) is 11.4 Å². The Balaban J connectivity index is 1.86. The van der Waals surface area contributed by atoms with E-state index < -0.39 is 10.0 Å². The molecule has 0 N–H and O–H groups in total. The monoisotopic (exact) mass is 538 g/mol. The summed E-state index contributed by atoms with van der Waals surface area (Å²) < 4.78 is 41.7. The van der Waals surface area contributed by atoms with E-state index in [4.69, 9.17) is 14.1 Å². The zero-order chi connectivity index (χ0) is 27.6. The molecule has 0 aliphatic rings. The Kier molecular flexibility index (Phi) is 7.26. The highest BCUT2D eigenvalue weighted by Crippen LogP contribution is 2.30. The number of anilines is 1. The first kappa shape index (κ1) is 26.3. The number of fused-ring (bicyclic) bond motifs is 2. The number of nitrogens with zero attached hydrogens (tertiary/aromatic N) is 2. The Hall–Kier alpha value is -4.36. The summed E-state index contributed by atoms with van der Waals surface area (Å²) in [5, 5.41) is 0.780. The Labute approximate surface area is 228 Å². The van der Waals surface area contributed by atoms with Crippen LogP contribution in [0, 0.1) is 20.8 Å². The molecular formula is C32H30N2O4S. The molecule has 0 saturated carbocycles. The lowest BCUT2D eigenvalue weighted by molar-refractivity contribution is 0.414. The molecule has 0 radical (unpaired) electrons. The van der Waals surface area contributed by atoms with Crippen LogP contribution >= 0.6 is 0 Å². The lowest BCUT2D eigenvalue weighted by Crippen LogP contribution is -2.31. The summed E-state index contributed by atoms with van der Waals surface area (Å²) in [7, 11) is -2.38. The molecule has 1 heterocycles. The first-order valence-corrected chi connectivity index (χ1v) is 14.1. The van der Waals surface area contributed by atoms with Gasteiger partial charge in [0.05, 0.1) is 18.6 Å². The summed E-state index contributed by atoms with van der Waals surface area (Å²) in [6.45, 7) is 5.88. The highest BCUT2D eigenvalue weighted by atomic mass is 32.2. The van der Waals surface area contributed by atoms with Crippen molar-refractivity contribution in [3.8, 4) is 5.75 Å². The molecule has 7 heteroatoms. The van der Waals surface area contributed by atoms with Crippen LogP contribution in [0.5, 0.6) is 5.75 Å². The molecule has 5 aromatic rings. The third-order valence-corrected chi connectivity index (χ3v) is 8.27. The molecule has 39 heavy (non-hydrogen) atoms. The fourth-order valence-corrected chi connectivity index (χ4v) is 5.84. The molecule has 0 atom stereocenters. The number of hydrogen-bond donors (Lipinski definition) is 0. The van der Waals surface area contributed by atoms with E-state index >= 15 is 0 Å². The zero-order valence-electron chi connectivity index (χ0n) is 22.4. The third kappa shape index (κ3) is 5.59. The Morgan fingerprint density at radius 1 is 0.795 bits per heavy atom. The van der Waals surface area contributed by atoms with Gasteiger partial charge in [-0.25, -0.2) is 17.7 Å². The number of sulfonamides is 1. The van der Waals surface area contributed by atoms with Gasteiger partial charge in [-0.15, -0.1) is 0 Å². The van der Waals surface area contributed by atoms with Gasteiger partial charge in [0.2, 0.25) is 0 Å². The Morgan fingerprint density at radius 2 is 1.51 bits per heavy atom. The maximum atomic E-state index is 14.2. The van der Waals surface area contributed by atoms with Gasteiger partial charge >= 0.3 is 0 Å². The van der Waals surface area contributed by atoms with Gasteiger partial charge in [-0.3, -0.25) is 0 Å². The number of ether oxygens (including phenoxy) is 1. The van der Waals surface area contributed by atoms with E-state index in [9.17, 15) is 8.42 Å². The number of aryl methyl sites for hydroxylation is 3. The minimum atomic E-state index is -3.99. The van der Waals surface area contributed by atoms with Crippen LogP contribution in [0.4, 0.5) is 5.82 Å². The quantitative estimate of drug-likeness (QED) is 0.225. The predicted octanol–water partition coefficient (Wildman–Crippen LogP) is 7.43. The molecule has 1 aromatic heterocycles. The standard InChI is InChI=1S/C32H30N2O4S/c1-22-10-15-28(16-11-22)39(35,36)34(21-25-8-6-5-7-9-25)32-24(3)19-26-13-14-27(37-4)20-30(26)38-31-18-23(2)12-17-29(31)33-32/h5-20H,21H2,1-4H3. The van der Waals surface area contributed by atoms with Gasteiger partial charge < -0.3 is 9.15 Å². The first-order chi connectivity index (χ1) is 18.7. The van der Waals surface area contributed by atoms with E-state index in [1.807, 2.05) is 93.6 Å². The van der Waals surface area contributed by atoms with Crippen molar-refractivity contribution in [2.45, 2.75) is 32.2 Å². The van der Waals surface area contributed by atoms with Crippen molar-refractivity contribution in [1.29, 1.82) is 0 Å². The van der Waals surface area contributed by atoms with Gasteiger partial charge in [-0.2, -0.15) is 0 Å². The number of hydrogen-bond acceptors (Lipinski definition) is 5. The van der Waals surface area contributed by atoms with E-state index in [-0.39, 0.29) is 11.4 Å². The molecule has 5 rings (SSSR count). The topological polar surface area (TPSA) is 72.6 Å². The van der Waals surface area contributed by atoms with Crippen molar-refractivity contribution in [1.82, 2.24) is 4.98 Å². The van der Waals surface area contributed by atoms with Crippen molar-refractivity contribution in [3.63, 3.8) is 0 Å². The minimum Gasteiger partial charge on any atom is -0.497 e. The number of methoxy groups -OCH3 is 1. The molecule has 198 valence electrons. The van der Waals surface area contributed by atoms with Crippen LogP contribution in [0.15, 0.2) is 106 Å². The third-order valence-electron chi connectivity index (χ3n) is 6.52. The molecular weight excluding hydrogens is 508 g/mol. The molecule has 0 aliphatic heterocycles. The Morgan fingerprint density at radius 3 is 2.23 bits per heavy atom. The molecule has 0 unspecified atom stereocenters. The largest absolute Gasteiger partial charge is 0.497 e. The smallest absolute Gasteiger partial charge is 0.265 e. The fraction of sp³-hybridized carbons (Fsp3) is 0.156. The second kappa shape index (κ2) is 10.8.